The van der Waals surface area contributed by atoms with Gasteiger partial charge in [0.15, 0.2) is 23.8 Å². The normalized spacial score (nSPS) is 10.8. The average molecular weight is 453 g/mol. The zero-order chi connectivity index (χ0) is 23.8. The molecule has 0 saturated heterocycles. The topological polar surface area (TPSA) is 126 Å². The molecule has 3 rings (SSSR count). The van der Waals surface area contributed by atoms with E-state index >= 15 is 0 Å². The lowest BCUT2D eigenvalue weighted by atomic mass is 10.1. The maximum absolute atomic E-state index is 12.3. The van der Waals surface area contributed by atoms with E-state index in [-0.39, 0.29) is 29.7 Å². The number of nitrogens with one attached hydrogen (secondary N) is 1. The monoisotopic (exact) mass is 453 g/mol. The average Bonchev–Trinajstić information content (AvgIpc) is 3.18. The summed E-state index contributed by atoms with van der Waals surface area (Å²) in [7, 11) is 1.47. The van der Waals surface area contributed by atoms with Gasteiger partial charge >= 0.3 is 5.69 Å². The lowest BCUT2D eigenvalue weighted by Gasteiger charge is -2.13. The summed E-state index contributed by atoms with van der Waals surface area (Å²) in [5, 5.41) is 17.5. The first kappa shape index (κ1) is 23.3. The van der Waals surface area contributed by atoms with E-state index in [2.05, 4.69) is 10.5 Å². The molecule has 1 amide bonds. The fourth-order valence-electron chi connectivity index (χ4n) is 2.97. The molecule has 2 aromatic carbocycles. The minimum atomic E-state index is -0.541. The molecule has 0 spiro atoms. The molecular formula is C23H23N3O7. The number of ether oxygens (including phenoxy) is 3. The van der Waals surface area contributed by atoms with Gasteiger partial charge in [0.25, 0.3) is 5.91 Å². The minimum absolute atomic E-state index is 0.0424. The van der Waals surface area contributed by atoms with Crippen LogP contribution in [0.15, 0.2) is 47.0 Å². The maximum Gasteiger partial charge on any atom is 0.338 e. The summed E-state index contributed by atoms with van der Waals surface area (Å²) in [5.41, 5.74) is 1.24. The van der Waals surface area contributed by atoms with Crippen LogP contribution in [0.3, 0.4) is 0 Å². The van der Waals surface area contributed by atoms with Crippen LogP contribution in [-0.4, -0.2) is 36.3 Å². The lowest BCUT2D eigenvalue weighted by molar-refractivity contribution is -0.386. The van der Waals surface area contributed by atoms with Crippen LogP contribution in [0, 0.1) is 17.0 Å². The number of nitro groups is 1. The highest BCUT2D eigenvalue weighted by molar-refractivity contribution is 5.93. The van der Waals surface area contributed by atoms with Crippen LogP contribution in [-0.2, 0) is 4.79 Å². The van der Waals surface area contributed by atoms with Gasteiger partial charge < -0.3 is 24.1 Å². The Bertz CT molecular complexity index is 1170. The molecule has 172 valence electrons. The number of carbonyl (C=O) groups excluding carboxylic acids is 1. The van der Waals surface area contributed by atoms with Gasteiger partial charge in [0.2, 0.25) is 5.76 Å². The number of hydrogen-bond acceptors (Lipinski definition) is 8. The number of methoxy groups -OCH3 is 1. The number of rotatable bonds is 10. The second-order valence-corrected chi connectivity index (χ2v) is 6.75. The smallest absolute Gasteiger partial charge is 0.338 e. The fourth-order valence-corrected chi connectivity index (χ4v) is 2.97. The Morgan fingerprint density at radius 3 is 2.67 bits per heavy atom. The molecule has 0 aliphatic rings. The molecule has 10 nitrogen and oxygen atoms in total. The van der Waals surface area contributed by atoms with Gasteiger partial charge in [0.1, 0.15) is 5.75 Å². The predicted octanol–water partition coefficient (Wildman–Crippen LogP) is 4.49. The van der Waals surface area contributed by atoms with Crippen molar-refractivity contribution < 1.29 is 28.5 Å². The summed E-state index contributed by atoms with van der Waals surface area (Å²) < 4.78 is 21.5. The largest absolute Gasteiger partial charge is 0.493 e. The first-order chi connectivity index (χ1) is 15.9. The van der Waals surface area contributed by atoms with Crippen molar-refractivity contribution in [1.82, 2.24) is 5.16 Å². The second-order valence-electron chi connectivity index (χ2n) is 6.75. The van der Waals surface area contributed by atoms with Crippen LogP contribution in [0.5, 0.6) is 17.2 Å². The summed E-state index contributed by atoms with van der Waals surface area (Å²) in [6, 6.07) is 12.1. The summed E-state index contributed by atoms with van der Waals surface area (Å²) in [5.74, 6) is 1.01. The maximum atomic E-state index is 12.3. The van der Waals surface area contributed by atoms with Crippen molar-refractivity contribution in [1.29, 1.82) is 0 Å². The standard InChI is InChI=1S/C23H23N3O7/c1-4-31-18-8-6-5-7-17(18)24-22(27)14-32-19-11-9-16(13-21(19)30-3)10-12-20-23(26(28)29)15(2)25-33-20/h5-13H,4,14H2,1-3H3,(H,24,27). The Kier molecular flexibility index (Phi) is 7.64. The van der Waals surface area contributed by atoms with Crippen molar-refractivity contribution in [3.63, 3.8) is 0 Å². The van der Waals surface area contributed by atoms with Crippen molar-refractivity contribution >= 4 is 29.4 Å². The van der Waals surface area contributed by atoms with Crippen LogP contribution < -0.4 is 19.5 Å². The SMILES string of the molecule is CCOc1ccccc1NC(=O)COc1ccc(C=Cc2onc(C)c2[N+](=O)[O-])cc1OC. The van der Waals surface area contributed by atoms with E-state index in [9.17, 15) is 14.9 Å². The number of amides is 1. The minimum Gasteiger partial charge on any atom is -0.493 e. The summed E-state index contributed by atoms with van der Waals surface area (Å²) in [6.07, 6.45) is 3.08. The summed E-state index contributed by atoms with van der Waals surface area (Å²) in [4.78, 5) is 23.0. The third-order valence-electron chi connectivity index (χ3n) is 4.47. The van der Waals surface area contributed by atoms with E-state index in [1.54, 1.807) is 42.5 Å². The Hall–Kier alpha value is -4.34. The van der Waals surface area contributed by atoms with Gasteiger partial charge in [-0.05, 0) is 49.8 Å². The van der Waals surface area contributed by atoms with Gasteiger partial charge in [0.05, 0.1) is 24.3 Å². The Labute approximate surface area is 189 Å². The third-order valence-corrected chi connectivity index (χ3v) is 4.47. The number of hydrogen-bond donors (Lipinski definition) is 1. The predicted molar refractivity (Wildman–Crippen MR) is 122 cm³/mol. The van der Waals surface area contributed by atoms with E-state index in [1.807, 2.05) is 13.0 Å². The van der Waals surface area contributed by atoms with Crippen molar-refractivity contribution in [3.8, 4) is 17.2 Å². The van der Waals surface area contributed by atoms with Crippen molar-refractivity contribution in [2.75, 3.05) is 25.6 Å². The highest BCUT2D eigenvalue weighted by atomic mass is 16.6. The molecule has 0 saturated carbocycles. The number of carbonyl (C=O) groups is 1. The molecule has 1 aromatic heterocycles. The van der Waals surface area contributed by atoms with Crippen LogP contribution >= 0.6 is 0 Å². The van der Waals surface area contributed by atoms with Gasteiger partial charge in [0, 0.05) is 0 Å². The Morgan fingerprint density at radius 2 is 1.94 bits per heavy atom. The molecule has 3 aromatic rings. The van der Waals surface area contributed by atoms with Crippen molar-refractivity contribution in [2.24, 2.45) is 0 Å². The van der Waals surface area contributed by atoms with Crippen LogP contribution in [0.25, 0.3) is 12.2 Å². The molecule has 1 N–H and O–H groups in total. The van der Waals surface area contributed by atoms with Crippen molar-refractivity contribution in [2.45, 2.75) is 13.8 Å². The summed E-state index contributed by atoms with van der Waals surface area (Å²) in [6.45, 7) is 3.60. The van der Waals surface area contributed by atoms with E-state index in [0.29, 0.717) is 35.1 Å². The molecule has 0 aliphatic carbocycles. The lowest BCUT2D eigenvalue weighted by Crippen LogP contribution is -2.20. The molecule has 0 bridgehead atoms. The van der Waals surface area contributed by atoms with E-state index in [0.717, 1.165) is 0 Å². The Balaban J connectivity index is 1.67. The Morgan fingerprint density at radius 1 is 1.15 bits per heavy atom. The number of benzene rings is 2. The number of aryl methyl sites for hydroxylation is 1. The zero-order valence-corrected chi connectivity index (χ0v) is 18.4. The summed E-state index contributed by atoms with van der Waals surface area (Å²) >= 11 is 0. The molecule has 10 heteroatoms. The fraction of sp³-hybridized carbons (Fsp3) is 0.217. The van der Waals surface area contributed by atoms with E-state index < -0.39 is 4.92 Å². The molecule has 0 radical (unpaired) electrons. The van der Waals surface area contributed by atoms with Gasteiger partial charge in [-0.2, -0.15) is 0 Å². The van der Waals surface area contributed by atoms with Gasteiger partial charge in [-0.25, -0.2) is 0 Å². The van der Waals surface area contributed by atoms with Crippen molar-refractivity contribution in [3.05, 3.63) is 69.6 Å². The molecular weight excluding hydrogens is 430 g/mol. The van der Waals surface area contributed by atoms with Crippen LogP contribution in [0.4, 0.5) is 11.4 Å². The molecule has 1 heterocycles. The third kappa shape index (κ3) is 5.88. The quantitative estimate of drug-likeness (QED) is 0.352. The molecule has 0 atom stereocenters. The molecule has 0 fully saturated rings. The number of para-hydroxylation sites is 2. The second kappa shape index (κ2) is 10.8. The molecule has 33 heavy (non-hydrogen) atoms. The molecule has 0 unspecified atom stereocenters. The molecule has 0 aliphatic heterocycles. The van der Waals surface area contributed by atoms with Gasteiger partial charge in [-0.1, -0.05) is 29.4 Å². The number of aromatic nitrogens is 1. The zero-order valence-electron chi connectivity index (χ0n) is 18.4. The van der Waals surface area contributed by atoms with Crippen LogP contribution in [0.2, 0.25) is 0 Å². The highest BCUT2D eigenvalue weighted by Gasteiger charge is 2.22. The highest BCUT2D eigenvalue weighted by Crippen LogP contribution is 2.30. The van der Waals surface area contributed by atoms with E-state index in [4.69, 9.17) is 18.7 Å². The van der Waals surface area contributed by atoms with Gasteiger partial charge in [-0.3, -0.25) is 14.9 Å². The number of nitrogens with zero attached hydrogens (tertiary/aromatic N) is 2. The van der Waals surface area contributed by atoms with Crippen LogP contribution in [0.1, 0.15) is 23.9 Å². The van der Waals surface area contributed by atoms with Gasteiger partial charge in [-0.15, -0.1) is 0 Å². The van der Waals surface area contributed by atoms with E-state index in [1.165, 1.54) is 20.1 Å². The number of anilines is 1. The first-order valence-electron chi connectivity index (χ1n) is 10.0. The first-order valence-corrected chi connectivity index (χ1v) is 10.0.